The molecule has 232 valence electrons. The monoisotopic (exact) mass is 600 g/mol. The van der Waals surface area contributed by atoms with E-state index >= 15 is 0 Å². The maximum absolute atomic E-state index is 13.4. The number of aryl methyl sites for hydroxylation is 1. The van der Waals surface area contributed by atoms with Crippen molar-refractivity contribution < 1.29 is 19.1 Å². The van der Waals surface area contributed by atoms with Crippen molar-refractivity contribution in [3.05, 3.63) is 64.7 Å². The van der Waals surface area contributed by atoms with Crippen LogP contribution in [-0.4, -0.2) is 55.5 Å². The third kappa shape index (κ3) is 12.4. The first-order chi connectivity index (χ1) is 20.0. The predicted molar refractivity (Wildman–Crippen MR) is 170 cm³/mol. The molecule has 42 heavy (non-hydrogen) atoms. The predicted octanol–water partition coefficient (Wildman–Crippen LogP) is 4.68. The van der Waals surface area contributed by atoms with Crippen molar-refractivity contribution in [2.75, 3.05) is 19.7 Å². The number of rotatable bonds is 18. The zero-order valence-electron chi connectivity index (χ0n) is 26.0. The highest BCUT2D eigenvalue weighted by Crippen LogP contribution is 2.19. The van der Waals surface area contributed by atoms with Gasteiger partial charge in [-0.2, -0.15) is 0 Å². The summed E-state index contributed by atoms with van der Waals surface area (Å²) < 4.78 is 5.84. The van der Waals surface area contributed by atoms with E-state index in [1.165, 1.54) is 0 Å². The van der Waals surface area contributed by atoms with Gasteiger partial charge in [-0.15, -0.1) is 0 Å². The van der Waals surface area contributed by atoms with E-state index in [1.807, 2.05) is 71.0 Å². The summed E-state index contributed by atoms with van der Waals surface area (Å²) in [7, 11) is 0. The molecule has 2 rings (SSSR count). The smallest absolute Gasteiger partial charge is 0.243 e. The number of para-hydroxylation sites is 1. The summed E-state index contributed by atoms with van der Waals surface area (Å²) in [5.41, 5.74) is 2.09. The number of benzene rings is 2. The zero-order chi connectivity index (χ0) is 31.1. The molecule has 0 aliphatic rings. The van der Waals surface area contributed by atoms with Crippen LogP contribution < -0.4 is 26.0 Å². The molecule has 2 aromatic rings. The topological polar surface area (TPSA) is 109 Å². The van der Waals surface area contributed by atoms with Crippen molar-refractivity contribution in [2.45, 2.75) is 85.4 Å². The molecule has 0 heterocycles. The van der Waals surface area contributed by atoms with Gasteiger partial charge in [-0.1, -0.05) is 83.5 Å². The highest BCUT2D eigenvalue weighted by atomic mass is 35.5. The molecule has 0 saturated carbocycles. The van der Waals surface area contributed by atoms with E-state index in [2.05, 4.69) is 28.2 Å². The average molecular weight is 601 g/mol. The van der Waals surface area contributed by atoms with Crippen LogP contribution in [0.1, 0.15) is 65.5 Å². The summed E-state index contributed by atoms with van der Waals surface area (Å²) in [5, 5.41) is 12.6. The van der Waals surface area contributed by atoms with E-state index in [1.54, 1.807) is 12.1 Å². The van der Waals surface area contributed by atoms with Gasteiger partial charge in [0.1, 0.15) is 17.8 Å². The molecule has 0 saturated heterocycles. The maximum Gasteiger partial charge on any atom is 0.243 e. The van der Waals surface area contributed by atoms with Gasteiger partial charge in [0.15, 0.2) is 0 Å². The molecule has 9 heteroatoms. The van der Waals surface area contributed by atoms with Crippen LogP contribution in [0.25, 0.3) is 0 Å². The lowest BCUT2D eigenvalue weighted by molar-refractivity contribution is -0.134. The summed E-state index contributed by atoms with van der Waals surface area (Å²) in [6.45, 7) is 13.0. The van der Waals surface area contributed by atoms with Crippen LogP contribution in [0.15, 0.2) is 48.5 Å². The Kier molecular flexibility index (Phi) is 15.4. The molecule has 0 radical (unpaired) electrons. The fourth-order valence-electron chi connectivity index (χ4n) is 4.40. The lowest BCUT2D eigenvalue weighted by Crippen LogP contribution is -2.58. The molecule has 0 fully saturated rings. The lowest BCUT2D eigenvalue weighted by Gasteiger charge is -2.27. The van der Waals surface area contributed by atoms with E-state index in [0.717, 1.165) is 36.1 Å². The van der Waals surface area contributed by atoms with E-state index in [9.17, 15) is 14.4 Å². The van der Waals surface area contributed by atoms with Gasteiger partial charge in [-0.3, -0.25) is 14.4 Å². The van der Waals surface area contributed by atoms with Crippen LogP contribution in [0.3, 0.4) is 0 Å². The molecule has 0 aliphatic carbocycles. The highest BCUT2D eigenvalue weighted by molar-refractivity contribution is 6.30. The second-order valence-electron chi connectivity index (χ2n) is 11.4. The Morgan fingerprint density at radius 1 is 0.881 bits per heavy atom. The van der Waals surface area contributed by atoms with Crippen molar-refractivity contribution in [1.29, 1.82) is 0 Å². The van der Waals surface area contributed by atoms with E-state index < -0.39 is 12.1 Å². The maximum atomic E-state index is 13.4. The summed E-state index contributed by atoms with van der Waals surface area (Å²) in [4.78, 5) is 39.6. The number of hydrogen-bond acceptors (Lipinski definition) is 5. The number of hydrogen-bond donors (Lipinski definition) is 4. The minimum absolute atomic E-state index is 0.131. The van der Waals surface area contributed by atoms with Gasteiger partial charge >= 0.3 is 0 Å². The lowest BCUT2D eigenvalue weighted by atomic mass is 9.98. The van der Waals surface area contributed by atoms with Crippen LogP contribution in [-0.2, 0) is 27.2 Å². The zero-order valence-corrected chi connectivity index (χ0v) is 26.7. The molecule has 2 aromatic carbocycles. The minimum Gasteiger partial charge on any atom is -0.493 e. The van der Waals surface area contributed by atoms with Crippen LogP contribution in [0.5, 0.6) is 5.75 Å². The summed E-state index contributed by atoms with van der Waals surface area (Å²) in [6.07, 6.45) is 2.95. The van der Waals surface area contributed by atoms with Gasteiger partial charge < -0.3 is 26.0 Å². The number of carbonyl (C=O) groups excluding carboxylic acids is 3. The SMILES string of the molecule is CCCOc1ccccc1CCCNC(=O)[C@H](CNC(C)C)NC(=O)[C@H](NC(=O)[C@H](C)Cc1ccc(Cl)cc1)C(C)C. The molecule has 0 aliphatic heterocycles. The largest absolute Gasteiger partial charge is 0.493 e. The molecular formula is C33H49ClN4O4. The van der Waals surface area contributed by atoms with Gasteiger partial charge in [-0.25, -0.2) is 0 Å². The number of carbonyl (C=O) groups is 3. The van der Waals surface area contributed by atoms with E-state index in [4.69, 9.17) is 16.3 Å². The van der Waals surface area contributed by atoms with Crippen molar-refractivity contribution in [1.82, 2.24) is 21.3 Å². The molecule has 4 N–H and O–H groups in total. The van der Waals surface area contributed by atoms with Gasteiger partial charge in [-0.05, 0) is 60.9 Å². The minimum atomic E-state index is -0.787. The number of ether oxygens (including phenoxy) is 1. The van der Waals surface area contributed by atoms with Crippen molar-refractivity contribution >= 4 is 29.3 Å². The fraction of sp³-hybridized carbons (Fsp3) is 0.545. The van der Waals surface area contributed by atoms with Crippen molar-refractivity contribution in [3.8, 4) is 5.75 Å². The molecule has 3 amide bonds. The number of nitrogens with one attached hydrogen (secondary N) is 4. The first-order valence-electron chi connectivity index (χ1n) is 15.1. The Bertz CT molecular complexity index is 1120. The molecule has 8 nitrogen and oxygen atoms in total. The van der Waals surface area contributed by atoms with E-state index in [-0.39, 0.29) is 42.1 Å². The molecular weight excluding hydrogens is 552 g/mol. The van der Waals surface area contributed by atoms with E-state index in [0.29, 0.717) is 24.6 Å². The molecule has 0 spiro atoms. The van der Waals surface area contributed by atoms with Crippen molar-refractivity contribution in [3.63, 3.8) is 0 Å². The van der Waals surface area contributed by atoms with Crippen LogP contribution in [0, 0.1) is 11.8 Å². The molecule has 0 unspecified atom stereocenters. The third-order valence-corrected chi connectivity index (χ3v) is 7.12. The molecule has 0 bridgehead atoms. The Morgan fingerprint density at radius 3 is 2.21 bits per heavy atom. The van der Waals surface area contributed by atoms with Gasteiger partial charge in [0.25, 0.3) is 0 Å². The fourth-order valence-corrected chi connectivity index (χ4v) is 4.52. The van der Waals surface area contributed by atoms with Crippen molar-refractivity contribution in [2.24, 2.45) is 11.8 Å². The van der Waals surface area contributed by atoms with Gasteiger partial charge in [0.05, 0.1) is 6.61 Å². The first-order valence-corrected chi connectivity index (χ1v) is 15.5. The Morgan fingerprint density at radius 2 is 1.57 bits per heavy atom. The third-order valence-electron chi connectivity index (χ3n) is 6.87. The summed E-state index contributed by atoms with van der Waals surface area (Å²) in [5.74, 6) is -0.515. The van der Waals surface area contributed by atoms with Crippen LogP contribution in [0.2, 0.25) is 5.02 Å². The number of halogens is 1. The number of amides is 3. The Hall–Kier alpha value is -3.10. The normalized spacial score (nSPS) is 13.4. The van der Waals surface area contributed by atoms with Crippen LogP contribution in [0.4, 0.5) is 0 Å². The molecule has 3 atom stereocenters. The summed E-state index contributed by atoms with van der Waals surface area (Å²) in [6, 6.07) is 13.9. The second-order valence-corrected chi connectivity index (χ2v) is 11.9. The second kappa shape index (κ2) is 18.4. The Balaban J connectivity index is 1.97. The van der Waals surface area contributed by atoms with Crippen LogP contribution >= 0.6 is 11.6 Å². The quantitative estimate of drug-likeness (QED) is 0.186. The average Bonchev–Trinajstić information content (AvgIpc) is 2.96. The highest BCUT2D eigenvalue weighted by Gasteiger charge is 2.30. The summed E-state index contributed by atoms with van der Waals surface area (Å²) >= 11 is 5.97. The van der Waals surface area contributed by atoms with Gasteiger partial charge in [0.2, 0.25) is 17.7 Å². The standard InChI is InChI=1S/C33H49ClN4O4/c1-7-19-42-29-13-9-8-11-26(29)12-10-18-35-32(40)28(21-36-23(4)5)37-33(41)30(22(2)3)38-31(39)24(6)20-25-14-16-27(34)17-15-25/h8-9,11,13-17,22-24,28,30,36H,7,10,12,18-21H2,1-6H3,(H,35,40)(H,37,41)(H,38,39)/t24-,28+,30-/m1/s1. The molecule has 0 aromatic heterocycles. The first kappa shape index (κ1) is 35.1. The van der Waals surface area contributed by atoms with Gasteiger partial charge in [0, 0.05) is 30.1 Å². The Labute approximate surface area is 256 Å².